The minimum Gasteiger partial charge on any atom is -0.396 e. The summed E-state index contributed by atoms with van der Waals surface area (Å²) >= 11 is 0. The Hall–Kier alpha value is -1.26. The monoisotopic (exact) mass is 180 g/mol. The van der Waals surface area contributed by atoms with Crippen molar-refractivity contribution in [3.05, 3.63) is 29.6 Å². The molecule has 0 aliphatic rings. The Balaban J connectivity index is 2.81. The molecule has 0 saturated carbocycles. The molecule has 1 aromatic rings. The lowest BCUT2D eigenvalue weighted by Gasteiger charge is -2.09. The molecule has 0 fully saturated rings. The Morgan fingerprint density at radius 2 is 2.46 bits per heavy atom. The van der Waals surface area contributed by atoms with Crippen molar-refractivity contribution in [2.75, 3.05) is 6.61 Å². The van der Waals surface area contributed by atoms with Crippen LogP contribution in [0.4, 0.5) is 0 Å². The molecule has 0 aliphatic heterocycles. The number of pyridine rings is 1. The van der Waals surface area contributed by atoms with Gasteiger partial charge in [-0.1, -0.05) is 0 Å². The maximum Gasteiger partial charge on any atom is 0.168 e. The van der Waals surface area contributed by atoms with E-state index in [9.17, 15) is 4.79 Å². The zero-order valence-corrected chi connectivity index (χ0v) is 7.18. The van der Waals surface area contributed by atoms with Crippen LogP contribution in [0, 0.1) is 0 Å². The van der Waals surface area contributed by atoms with E-state index in [1.165, 1.54) is 6.20 Å². The highest BCUT2D eigenvalue weighted by Gasteiger charge is 2.05. The molecule has 4 nitrogen and oxygen atoms in total. The van der Waals surface area contributed by atoms with E-state index in [1.54, 1.807) is 12.1 Å². The normalized spacial score (nSPS) is 12.5. The summed E-state index contributed by atoms with van der Waals surface area (Å²) in [7, 11) is 0. The first-order valence-corrected chi connectivity index (χ1v) is 4.05. The molecule has 1 unspecified atom stereocenters. The van der Waals surface area contributed by atoms with E-state index in [-0.39, 0.29) is 12.6 Å². The van der Waals surface area contributed by atoms with Crippen LogP contribution in [0.2, 0.25) is 0 Å². The number of nitrogens with zero attached hydrogens (tertiary/aromatic N) is 1. The predicted molar refractivity (Wildman–Crippen MR) is 48.3 cm³/mol. The van der Waals surface area contributed by atoms with Gasteiger partial charge in [0, 0.05) is 18.8 Å². The van der Waals surface area contributed by atoms with Crippen LogP contribution in [0.5, 0.6) is 0 Å². The molecule has 70 valence electrons. The maximum atomic E-state index is 10.4. The highest BCUT2D eigenvalue weighted by molar-refractivity contribution is 5.71. The van der Waals surface area contributed by atoms with Gasteiger partial charge in [0.1, 0.15) is 5.69 Å². The van der Waals surface area contributed by atoms with Crippen LogP contribution in [0.15, 0.2) is 18.3 Å². The lowest BCUT2D eigenvalue weighted by molar-refractivity contribution is 0.111. The van der Waals surface area contributed by atoms with Gasteiger partial charge in [-0.25, -0.2) is 0 Å². The first-order valence-electron chi connectivity index (χ1n) is 4.05. The Kier molecular flexibility index (Phi) is 3.54. The van der Waals surface area contributed by atoms with Crippen molar-refractivity contribution in [2.45, 2.75) is 12.5 Å². The summed E-state index contributed by atoms with van der Waals surface area (Å²) in [5.41, 5.74) is 6.92. The minimum absolute atomic E-state index is 0.0416. The van der Waals surface area contributed by atoms with E-state index in [1.807, 2.05) is 0 Å². The molecule has 0 aromatic carbocycles. The second kappa shape index (κ2) is 4.69. The summed E-state index contributed by atoms with van der Waals surface area (Å²) in [6, 6.07) is 3.15. The highest BCUT2D eigenvalue weighted by atomic mass is 16.3. The number of aliphatic hydroxyl groups excluding tert-OH is 1. The van der Waals surface area contributed by atoms with Gasteiger partial charge in [0.15, 0.2) is 6.29 Å². The lowest BCUT2D eigenvalue weighted by atomic mass is 10.1. The third-order valence-electron chi connectivity index (χ3n) is 1.79. The number of rotatable bonds is 4. The van der Waals surface area contributed by atoms with Gasteiger partial charge in [-0.05, 0) is 24.1 Å². The number of carbonyl (C=O) groups is 1. The van der Waals surface area contributed by atoms with Crippen LogP contribution in [0.1, 0.15) is 28.5 Å². The molecule has 1 aromatic heterocycles. The van der Waals surface area contributed by atoms with Crippen molar-refractivity contribution in [3.63, 3.8) is 0 Å². The average Bonchev–Trinajstić information content (AvgIpc) is 2.18. The number of nitrogens with two attached hydrogens (primary N) is 1. The molecule has 0 radical (unpaired) electrons. The zero-order chi connectivity index (χ0) is 9.68. The number of aliphatic hydroxyl groups is 1. The molecule has 3 N–H and O–H groups in total. The third-order valence-corrected chi connectivity index (χ3v) is 1.79. The van der Waals surface area contributed by atoms with Gasteiger partial charge < -0.3 is 10.8 Å². The van der Waals surface area contributed by atoms with E-state index in [2.05, 4.69) is 4.98 Å². The van der Waals surface area contributed by atoms with Gasteiger partial charge in [0.05, 0.1) is 0 Å². The van der Waals surface area contributed by atoms with Crippen LogP contribution in [0.3, 0.4) is 0 Å². The van der Waals surface area contributed by atoms with Gasteiger partial charge in [-0.2, -0.15) is 0 Å². The Morgan fingerprint density at radius 3 is 3.08 bits per heavy atom. The highest BCUT2D eigenvalue weighted by Crippen LogP contribution is 2.12. The molecule has 0 bridgehead atoms. The van der Waals surface area contributed by atoms with E-state index in [0.29, 0.717) is 18.4 Å². The maximum absolute atomic E-state index is 10.4. The second-order valence-electron chi connectivity index (χ2n) is 2.75. The van der Waals surface area contributed by atoms with Crippen molar-refractivity contribution in [2.24, 2.45) is 5.73 Å². The Morgan fingerprint density at radius 1 is 1.69 bits per heavy atom. The molecule has 1 heterocycles. The van der Waals surface area contributed by atoms with Crippen molar-refractivity contribution in [1.29, 1.82) is 0 Å². The zero-order valence-electron chi connectivity index (χ0n) is 7.18. The van der Waals surface area contributed by atoms with Crippen LogP contribution < -0.4 is 5.73 Å². The van der Waals surface area contributed by atoms with Gasteiger partial charge >= 0.3 is 0 Å². The lowest BCUT2D eigenvalue weighted by Crippen LogP contribution is -2.12. The summed E-state index contributed by atoms with van der Waals surface area (Å²) in [6.45, 7) is 0.0416. The van der Waals surface area contributed by atoms with E-state index < -0.39 is 0 Å². The summed E-state index contributed by atoms with van der Waals surface area (Å²) < 4.78 is 0. The SMILES string of the molecule is NC(CCO)c1ccnc(C=O)c1. The fourth-order valence-electron chi connectivity index (χ4n) is 1.07. The summed E-state index contributed by atoms with van der Waals surface area (Å²) in [6.07, 6.45) is 2.70. The minimum atomic E-state index is -0.230. The quantitative estimate of drug-likeness (QED) is 0.652. The summed E-state index contributed by atoms with van der Waals surface area (Å²) in [4.78, 5) is 14.2. The molecule has 0 spiro atoms. The number of hydrogen-bond donors (Lipinski definition) is 2. The fourth-order valence-corrected chi connectivity index (χ4v) is 1.07. The smallest absolute Gasteiger partial charge is 0.168 e. The summed E-state index contributed by atoms with van der Waals surface area (Å²) in [5, 5.41) is 8.66. The average molecular weight is 180 g/mol. The first kappa shape index (κ1) is 9.83. The molecule has 4 heteroatoms. The number of aromatic nitrogens is 1. The first-order chi connectivity index (χ1) is 6.27. The van der Waals surface area contributed by atoms with Gasteiger partial charge in [-0.3, -0.25) is 9.78 Å². The van der Waals surface area contributed by atoms with Crippen LogP contribution in [-0.4, -0.2) is 23.0 Å². The van der Waals surface area contributed by atoms with Crippen molar-refractivity contribution >= 4 is 6.29 Å². The molecule has 1 rings (SSSR count). The van der Waals surface area contributed by atoms with Crippen molar-refractivity contribution < 1.29 is 9.90 Å². The number of aldehydes is 1. The van der Waals surface area contributed by atoms with E-state index in [4.69, 9.17) is 10.8 Å². The van der Waals surface area contributed by atoms with Crippen LogP contribution in [0.25, 0.3) is 0 Å². The van der Waals surface area contributed by atoms with Gasteiger partial charge in [0.25, 0.3) is 0 Å². The number of carbonyl (C=O) groups excluding carboxylic acids is 1. The molecule has 0 amide bonds. The standard InChI is InChI=1S/C9H12N2O2/c10-9(2-4-12)7-1-3-11-8(5-7)6-13/h1,3,5-6,9,12H,2,4,10H2. The molecule has 0 aliphatic carbocycles. The fraction of sp³-hybridized carbons (Fsp3) is 0.333. The third kappa shape index (κ3) is 2.61. The molecule has 13 heavy (non-hydrogen) atoms. The molecular weight excluding hydrogens is 168 g/mol. The van der Waals surface area contributed by atoms with E-state index >= 15 is 0 Å². The number of hydrogen-bond acceptors (Lipinski definition) is 4. The van der Waals surface area contributed by atoms with Crippen LogP contribution >= 0.6 is 0 Å². The summed E-state index contributed by atoms with van der Waals surface area (Å²) in [5.74, 6) is 0. The van der Waals surface area contributed by atoms with Crippen molar-refractivity contribution in [1.82, 2.24) is 4.98 Å². The molecule has 1 atom stereocenters. The molecule has 0 saturated heterocycles. The predicted octanol–water partition coefficient (Wildman–Crippen LogP) is 0.276. The van der Waals surface area contributed by atoms with Gasteiger partial charge in [-0.15, -0.1) is 0 Å². The Bertz CT molecular complexity index is 289. The second-order valence-corrected chi connectivity index (χ2v) is 2.75. The van der Waals surface area contributed by atoms with E-state index in [0.717, 1.165) is 5.56 Å². The van der Waals surface area contributed by atoms with Crippen molar-refractivity contribution in [3.8, 4) is 0 Å². The topological polar surface area (TPSA) is 76.2 Å². The molecular formula is C9H12N2O2. The van der Waals surface area contributed by atoms with Crippen LogP contribution in [-0.2, 0) is 0 Å². The largest absolute Gasteiger partial charge is 0.396 e. The Labute approximate surface area is 76.4 Å². The van der Waals surface area contributed by atoms with Gasteiger partial charge in [0.2, 0.25) is 0 Å².